The highest BCUT2D eigenvalue weighted by Crippen LogP contribution is 2.29. The van der Waals surface area contributed by atoms with E-state index in [1.807, 2.05) is 13.0 Å². The number of hydrogen-bond acceptors (Lipinski definition) is 6. The zero-order chi connectivity index (χ0) is 19.7. The van der Waals surface area contributed by atoms with E-state index < -0.39 is 0 Å². The van der Waals surface area contributed by atoms with E-state index in [0.717, 1.165) is 11.3 Å². The molecule has 1 aliphatic rings. The van der Waals surface area contributed by atoms with Gasteiger partial charge in [0.15, 0.2) is 6.79 Å². The third-order valence-corrected chi connectivity index (χ3v) is 4.76. The first-order valence-corrected chi connectivity index (χ1v) is 8.79. The number of aryl methyl sites for hydroxylation is 1. The molecule has 0 radical (unpaired) electrons. The van der Waals surface area contributed by atoms with E-state index in [4.69, 9.17) is 9.47 Å². The molecule has 0 spiro atoms. The summed E-state index contributed by atoms with van der Waals surface area (Å²) in [5.41, 5.74) is 2.82. The molecular weight excluding hydrogens is 363 g/mol. The van der Waals surface area contributed by atoms with Crippen molar-refractivity contribution in [1.82, 2.24) is 14.5 Å². The molecule has 144 valence electrons. The molecule has 1 aromatic carbocycles. The van der Waals surface area contributed by atoms with Crippen molar-refractivity contribution < 1.29 is 13.9 Å². The summed E-state index contributed by atoms with van der Waals surface area (Å²) in [4.78, 5) is 21.4. The van der Waals surface area contributed by atoms with Crippen LogP contribution in [0, 0.1) is 12.7 Å². The van der Waals surface area contributed by atoms with Gasteiger partial charge in [-0.2, -0.15) is 0 Å². The summed E-state index contributed by atoms with van der Waals surface area (Å²) >= 11 is 0. The molecule has 1 N–H and O–H groups in total. The third kappa shape index (κ3) is 3.22. The van der Waals surface area contributed by atoms with Gasteiger partial charge in [-0.05, 0) is 25.1 Å². The standard InChI is InChI=1S/C20H19FN4O3/c1-12-13(4-3-7-22-12)15-9-24-20(25(2)19(15)26)23-8-14-16-10-27-11-28-18(16)6-5-17(14)21/h3-7,9H,8,10-11H2,1-2H3,(H,23,24). The van der Waals surface area contributed by atoms with Crippen molar-refractivity contribution >= 4 is 5.95 Å². The minimum Gasteiger partial charge on any atom is -0.467 e. The molecule has 4 rings (SSSR count). The predicted molar refractivity (Wildman–Crippen MR) is 101 cm³/mol. The van der Waals surface area contributed by atoms with Crippen LogP contribution < -0.4 is 15.6 Å². The Bertz CT molecular complexity index is 1100. The normalized spacial score (nSPS) is 13.0. The molecule has 0 amide bonds. The largest absolute Gasteiger partial charge is 0.467 e. The number of pyridine rings is 1. The van der Waals surface area contributed by atoms with Gasteiger partial charge in [-0.15, -0.1) is 0 Å². The molecule has 2 aromatic heterocycles. The second-order valence-electron chi connectivity index (χ2n) is 6.46. The van der Waals surface area contributed by atoms with Crippen LogP contribution in [0.2, 0.25) is 0 Å². The molecule has 8 heteroatoms. The van der Waals surface area contributed by atoms with E-state index in [1.54, 1.807) is 25.4 Å². The highest BCUT2D eigenvalue weighted by atomic mass is 19.1. The fourth-order valence-electron chi connectivity index (χ4n) is 3.21. The van der Waals surface area contributed by atoms with Gasteiger partial charge in [0.1, 0.15) is 11.6 Å². The molecular formula is C20H19FN4O3. The Morgan fingerprint density at radius 1 is 1.25 bits per heavy atom. The molecule has 0 bridgehead atoms. The SMILES string of the molecule is Cc1ncccc1-c1cnc(NCc2c(F)ccc3c2COCO3)n(C)c1=O. The smallest absolute Gasteiger partial charge is 0.262 e. The minimum atomic E-state index is -0.368. The molecule has 3 aromatic rings. The van der Waals surface area contributed by atoms with Crippen LogP contribution in [0.15, 0.2) is 41.5 Å². The van der Waals surface area contributed by atoms with E-state index in [0.29, 0.717) is 28.4 Å². The van der Waals surface area contributed by atoms with Crippen molar-refractivity contribution in [2.75, 3.05) is 12.1 Å². The molecule has 0 atom stereocenters. The highest BCUT2D eigenvalue weighted by Gasteiger charge is 2.19. The number of hydrogen-bond donors (Lipinski definition) is 1. The van der Waals surface area contributed by atoms with Gasteiger partial charge in [-0.3, -0.25) is 14.3 Å². The van der Waals surface area contributed by atoms with Crippen molar-refractivity contribution in [3.8, 4) is 16.9 Å². The van der Waals surface area contributed by atoms with E-state index in [1.165, 1.54) is 16.8 Å². The van der Waals surface area contributed by atoms with Gasteiger partial charge in [0, 0.05) is 48.4 Å². The summed E-state index contributed by atoms with van der Waals surface area (Å²) in [6.07, 6.45) is 3.19. The Labute approximate surface area is 160 Å². The van der Waals surface area contributed by atoms with Crippen molar-refractivity contribution in [3.63, 3.8) is 0 Å². The van der Waals surface area contributed by atoms with Crippen molar-refractivity contribution in [3.05, 3.63) is 69.7 Å². The number of aromatic nitrogens is 3. The molecule has 3 heterocycles. The molecule has 1 aliphatic heterocycles. The van der Waals surface area contributed by atoms with Gasteiger partial charge in [0.05, 0.1) is 12.2 Å². The van der Waals surface area contributed by atoms with Crippen molar-refractivity contribution in [1.29, 1.82) is 0 Å². The lowest BCUT2D eigenvalue weighted by atomic mass is 10.1. The van der Waals surface area contributed by atoms with Crippen LogP contribution in [-0.2, 0) is 24.9 Å². The van der Waals surface area contributed by atoms with Crippen LogP contribution in [0.4, 0.5) is 10.3 Å². The molecule has 7 nitrogen and oxygen atoms in total. The van der Waals surface area contributed by atoms with Gasteiger partial charge in [0.25, 0.3) is 5.56 Å². The maximum Gasteiger partial charge on any atom is 0.262 e. The molecule has 0 fully saturated rings. The maximum absolute atomic E-state index is 14.3. The number of fused-ring (bicyclic) bond motifs is 1. The van der Waals surface area contributed by atoms with Crippen LogP contribution in [-0.4, -0.2) is 21.3 Å². The van der Waals surface area contributed by atoms with Gasteiger partial charge < -0.3 is 14.8 Å². The lowest BCUT2D eigenvalue weighted by Crippen LogP contribution is -2.24. The summed E-state index contributed by atoms with van der Waals surface area (Å²) in [5.74, 6) is 0.576. The number of halogens is 1. The Hall–Kier alpha value is -3.26. The van der Waals surface area contributed by atoms with Crippen LogP contribution in [0.5, 0.6) is 5.75 Å². The summed E-state index contributed by atoms with van der Waals surface area (Å²) in [6, 6.07) is 6.57. The van der Waals surface area contributed by atoms with Gasteiger partial charge >= 0.3 is 0 Å². The van der Waals surface area contributed by atoms with E-state index in [9.17, 15) is 9.18 Å². The zero-order valence-corrected chi connectivity index (χ0v) is 15.5. The minimum absolute atomic E-state index is 0.146. The molecule has 0 aliphatic carbocycles. The van der Waals surface area contributed by atoms with E-state index >= 15 is 0 Å². The average molecular weight is 382 g/mol. The van der Waals surface area contributed by atoms with E-state index in [-0.39, 0.29) is 31.3 Å². The molecule has 0 unspecified atom stereocenters. The van der Waals surface area contributed by atoms with Crippen LogP contribution in [0.3, 0.4) is 0 Å². The first-order chi connectivity index (χ1) is 13.6. The van der Waals surface area contributed by atoms with Gasteiger partial charge in [-0.1, -0.05) is 6.07 Å². The van der Waals surface area contributed by atoms with Crippen LogP contribution >= 0.6 is 0 Å². The summed E-state index contributed by atoms with van der Waals surface area (Å²) in [7, 11) is 1.62. The van der Waals surface area contributed by atoms with Crippen molar-refractivity contribution in [2.45, 2.75) is 20.1 Å². The Balaban J connectivity index is 1.63. The quantitative estimate of drug-likeness (QED) is 0.748. The molecule has 0 saturated carbocycles. The van der Waals surface area contributed by atoms with Gasteiger partial charge in [0.2, 0.25) is 5.95 Å². The monoisotopic (exact) mass is 382 g/mol. The fraction of sp³-hybridized carbons (Fsp3) is 0.250. The molecule has 28 heavy (non-hydrogen) atoms. The number of ether oxygens (including phenoxy) is 2. The maximum atomic E-state index is 14.3. The Morgan fingerprint density at radius 3 is 2.93 bits per heavy atom. The Morgan fingerprint density at radius 2 is 2.11 bits per heavy atom. The zero-order valence-electron chi connectivity index (χ0n) is 15.5. The first-order valence-electron chi connectivity index (χ1n) is 8.79. The van der Waals surface area contributed by atoms with Crippen LogP contribution in [0.25, 0.3) is 11.1 Å². The summed E-state index contributed by atoms with van der Waals surface area (Å²) in [5, 5.41) is 3.04. The molecule has 0 saturated heterocycles. The predicted octanol–water partition coefficient (Wildman–Crippen LogP) is 2.77. The van der Waals surface area contributed by atoms with Gasteiger partial charge in [-0.25, -0.2) is 9.37 Å². The number of rotatable bonds is 4. The number of benzene rings is 1. The van der Waals surface area contributed by atoms with Crippen molar-refractivity contribution in [2.24, 2.45) is 7.05 Å². The fourth-order valence-corrected chi connectivity index (χ4v) is 3.21. The summed E-state index contributed by atoms with van der Waals surface area (Å²) < 4.78 is 26.4. The average Bonchev–Trinajstić information content (AvgIpc) is 2.71. The lowest BCUT2D eigenvalue weighted by Gasteiger charge is -2.21. The van der Waals surface area contributed by atoms with Crippen LogP contribution in [0.1, 0.15) is 16.8 Å². The topological polar surface area (TPSA) is 78.3 Å². The second kappa shape index (κ2) is 7.40. The first kappa shape index (κ1) is 18.1. The highest BCUT2D eigenvalue weighted by molar-refractivity contribution is 5.64. The number of nitrogens with one attached hydrogen (secondary N) is 1. The Kier molecular flexibility index (Phi) is 4.79. The lowest BCUT2D eigenvalue weighted by molar-refractivity contribution is -0.0170. The number of nitrogens with zero attached hydrogens (tertiary/aromatic N) is 3. The summed E-state index contributed by atoms with van der Waals surface area (Å²) in [6.45, 7) is 2.41. The second-order valence-corrected chi connectivity index (χ2v) is 6.46. The third-order valence-electron chi connectivity index (χ3n) is 4.76. The number of anilines is 1. The van der Waals surface area contributed by atoms with E-state index in [2.05, 4.69) is 15.3 Å².